The Morgan fingerprint density at radius 3 is 2.57 bits per heavy atom. The van der Waals surface area contributed by atoms with Gasteiger partial charge in [0.05, 0.1) is 16.8 Å². The Kier molecular flexibility index (Phi) is 6.26. The minimum Gasteiger partial charge on any atom is -0.389 e. The summed E-state index contributed by atoms with van der Waals surface area (Å²) < 4.78 is 0. The molecule has 0 radical (unpaired) electrons. The molecule has 3 N–H and O–H groups in total. The van der Waals surface area contributed by atoms with Gasteiger partial charge in [0, 0.05) is 44.2 Å². The molecule has 0 spiro atoms. The Balaban J connectivity index is 1.21. The predicted octanol–water partition coefficient (Wildman–Crippen LogP) is 3.43. The van der Waals surface area contributed by atoms with Crippen LogP contribution in [0.3, 0.4) is 0 Å². The molecular weight excluding hydrogens is 376 g/mol. The number of fused-ring (bicyclic) bond motifs is 1. The average molecular weight is 405 g/mol. The van der Waals surface area contributed by atoms with Crippen molar-refractivity contribution in [2.24, 2.45) is 0 Å². The Hall–Kier alpha value is -2.96. The SMILES string of the molecule is O=C(NCCN1CCC(O)(Cc2ccccc2)CC1)Nc1ccnc2ccccc12. The molecule has 156 valence electrons. The third-order valence-corrected chi connectivity index (χ3v) is 5.77. The van der Waals surface area contributed by atoms with Crippen molar-refractivity contribution >= 4 is 22.6 Å². The van der Waals surface area contributed by atoms with E-state index in [9.17, 15) is 9.90 Å². The first-order valence-electron chi connectivity index (χ1n) is 10.5. The molecule has 2 aromatic carbocycles. The minimum atomic E-state index is -0.634. The molecule has 30 heavy (non-hydrogen) atoms. The maximum Gasteiger partial charge on any atom is 0.319 e. The van der Waals surface area contributed by atoms with Crippen molar-refractivity contribution < 1.29 is 9.90 Å². The fourth-order valence-corrected chi connectivity index (χ4v) is 4.04. The average Bonchev–Trinajstić information content (AvgIpc) is 2.76. The zero-order chi connectivity index (χ0) is 20.8. The smallest absolute Gasteiger partial charge is 0.319 e. The number of nitrogens with zero attached hydrogens (tertiary/aromatic N) is 2. The lowest BCUT2D eigenvalue weighted by molar-refractivity contribution is -0.0201. The van der Waals surface area contributed by atoms with E-state index in [1.165, 1.54) is 5.56 Å². The van der Waals surface area contributed by atoms with Crippen molar-refractivity contribution in [2.75, 3.05) is 31.5 Å². The van der Waals surface area contributed by atoms with Gasteiger partial charge in [-0.2, -0.15) is 0 Å². The molecule has 2 heterocycles. The van der Waals surface area contributed by atoms with Gasteiger partial charge < -0.3 is 20.6 Å². The number of pyridine rings is 1. The highest BCUT2D eigenvalue weighted by Gasteiger charge is 2.32. The number of aliphatic hydroxyl groups is 1. The molecule has 0 atom stereocenters. The molecule has 1 aromatic heterocycles. The lowest BCUT2D eigenvalue weighted by Crippen LogP contribution is -2.47. The topological polar surface area (TPSA) is 77.5 Å². The normalized spacial score (nSPS) is 16.3. The lowest BCUT2D eigenvalue weighted by atomic mass is 9.85. The molecule has 0 saturated carbocycles. The van der Waals surface area contributed by atoms with Crippen LogP contribution in [0, 0.1) is 0 Å². The Morgan fingerprint density at radius 1 is 1.03 bits per heavy atom. The van der Waals surface area contributed by atoms with Crippen LogP contribution < -0.4 is 10.6 Å². The first kappa shape index (κ1) is 20.3. The molecule has 1 aliphatic heterocycles. The number of aromatic nitrogens is 1. The third kappa shape index (κ3) is 5.14. The van der Waals surface area contributed by atoms with Gasteiger partial charge in [-0.05, 0) is 30.5 Å². The Labute approximate surface area is 176 Å². The maximum absolute atomic E-state index is 12.3. The number of hydrogen-bond donors (Lipinski definition) is 3. The summed E-state index contributed by atoms with van der Waals surface area (Å²) in [7, 11) is 0. The number of carbonyl (C=O) groups excluding carboxylic acids is 1. The van der Waals surface area contributed by atoms with E-state index in [4.69, 9.17) is 0 Å². The molecular formula is C24H28N4O2. The number of urea groups is 1. The van der Waals surface area contributed by atoms with Gasteiger partial charge in [0.1, 0.15) is 0 Å². The van der Waals surface area contributed by atoms with Crippen LogP contribution in [-0.2, 0) is 6.42 Å². The van der Waals surface area contributed by atoms with Gasteiger partial charge in [-0.3, -0.25) is 4.98 Å². The zero-order valence-electron chi connectivity index (χ0n) is 17.1. The monoisotopic (exact) mass is 404 g/mol. The van der Waals surface area contributed by atoms with Gasteiger partial charge in [0.25, 0.3) is 0 Å². The fraction of sp³-hybridized carbons (Fsp3) is 0.333. The van der Waals surface area contributed by atoms with E-state index in [2.05, 4.69) is 32.7 Å². The second-order valence-corrected chi connectivity index (χ2v) is 7.98. The number of hydrogen-bond acceptors (Lipinski definition) is 4. The number of benzene rings is 2. The van der Waals surface area contributed by atoms with Crippen LogP contribution in [0.25, 0.3) is 10.9 Å². The highest BCUT2D eigenvalue weighted by atomic mass is 16.3. The van der Waals surface area contributed by atoms with Crippen LogP contribution >= 0.6 is 0 Å². The van der Waals surface area contributed by atoms with Gasteiger partial charge in [-0.1, -0.05) is 48.5 Å². The van der Waals surface area contributed by atoms with Crippen LogP contribution in [-0.4, -0.2) is 52.8 Å². The predicted molar refractivity (Wildman–Crippen MR) is 120 cm³/mol. The summed E-state index contributed by atoms with van der Waals surface area (Å²) >= 11 is 0. The molecule has 3 aromatic rings. The van der Waals surface area contributed by atoms with E-state index in [1.54, 1.807) is 12.3 Å². The molecule has 2 amide bonds. The fourth-order valence-electron chi connectivity index (χ4n) is 4.04. The number of piperidine rings is 1. The van der Waals surface area contributed by atoms with Gasteiger partial charge in [0.2, 0.25) is 0 Å². The van der Waals surface area contributed by atoms with Crippen LogP contribution in [0.5, 0.6) is 0 Å². The number of nitrogens with one attached hydrogen (secondary N) is 2. The van der Waals surface area contributed by atoms with Crippen LogP contribution in [0.15, 0.2) is 66.9 Å². The minimum absolute atomic E-state index is 0.219. The van der Waals surface area contributed by atoms with Crippen molar-refractivity contribution in [3.8, 4) is 0 Å². The van der Waals surface area contributed by atoms with Crippen molar-refractivity contribution in [2.45, 2.75) is 24.9 Å². The second kappa shape index (κ2) is 9.24. The standard InChI is InChI=1S/C24H28N4O2/c29-23(27-22-10-13-25-21-9-5-4-8-20(21)22)26-14-17-28-15-11-24(30,12-16-28)18-19-6-2-1-3-7-19/h1-10,13,30H,11-12,14-18H2,(H2,25,26,27,29). The van der Waals surface area contributed by atoms with Crippen LogP contribution in [0.4, 0.5) is 10.5 Å². The van der Waals surface area contributed by atoms with Gasteiger partial charge >= 0.3 is 6.03 Å². The second-order valence-electron chi connectivity index (χ2n) is 7.98. The number of likely N-dealkylation sites (tertiary alicyclic amines) is 1. The molecule has 6 nitrogen and oxygen atoms in total. The van der Waals surface area contributed by atoms with Crippen molar-refractivity contribution in [3.63, 3.8) is 0 Å². The zero-order valence-corrected chi connectivity index (χ0v) is 17.1. The van der Waals surface area contributed by atoms with Crippen LogP contribution in [0.1, 0.15) is 18.4 Å². The van der Waals surface area contributed by atoms with Crippen molar-refractivity contribution in [3.05, 3.63) is 72.4 Å². The van der Waals surface area contributed by atoms with Crippen LogP contribution in [0.2, 0.25) is 0 Å². The summed E-state index contributed by atoms with van der Waals surface area (Å²) in [5.74, 6) is 0. The molecule has 6 heteroatoms. The van der Waals surface area contributed by atoms with E-state index in [-0.39, 0.29) is 6.03 Å². The number of amides is 2. The van der Waals surface area contributed by atoms with Gasteiger partial charge in [-0.15, -0.1) is 0 Å². The highest BCUT2D eigenvalue weighted by molar-refractivity contribution is 6.00. The molecule has 0 unspecified atom stereocenters. The molecule has 1 fully saturated rings. The molecule has 1 saturated heterocycles. The van der Waals surface area contributed by atoms with E-state index in [1.807, 2.05) is 42.5 Å². The third-order valence-electron chi connectivity index (χ3n) is 5.77. The largest absolute Gasteiger partial charge is 0.389 e. The van der Waals surface area contributed by atoms with E-state index >= 15 is 0 Å². The summed E-state index contributed by atoms with van der Waals surface area (Å²) in [5.41, 5.74) is 2.15. The molecule has 0 bridgehead atoms. The molecule has 1 aliphatic rings. The van der Waals surface area contributed by atoms with E-state index in [0.29, 0.717) is 13.0 Å². The first-order valence-corrected chi connectivity index (χ1v) is 10.5. The first-order chi connectivity index (χ1) is 14.6. The molecule has 0 aliphatic carbocycles. The number of anilines is 1. The summed E-state index contributed by atoms with van der Waals surface area (Å²) in [4.78, 5) is 18.9. The highest BCUT2D eigenvalue weighted by Crippen LogP contribution is 2.26. The summed E-state index contributed by atoms with van der Waals surface area (Å²) in [6, 6.07) is 19.5. The van der Waals surface area contributed by atoms with Gasteiger partial charge in [0.15, 0.2) is 0 Å². The maximum atomic E-state index is 12.3. The Morgan fingerprint density at radius 2 is 1.77 bits per heavy atom. The molecule has 4 rings (SSSR count). The van der Waals surface area contributed by atoms with Gasteiger partial charge in [-0.25, -0.2) is 4.79 Å². The lowest BCUT2D eigenvalue weighted by Gasteiger charge is -2.38. The van der Waals surface area contributed by atoms with Crippen molar-refractivity contribution in [1.29, 1.82) is 0 Å². The van der Waals surface area contributed by atoms with E-state index in [0.717, 1.165) is 49.1 Å². The van der Waals surface area contributed by atoms with E-state index < -0.39 is 5.60 Å². The van der Waals surface area contributed by atoms with Crippen molar-refractivity contribution in [1.82, 2.24) is 15.2 Å². The summed E-state index contributed by atoms with van der Waals surface area (Å²) in [5, 5.41) is 17.7. The number of carbonyl (C=O) groups is 1. The Bertz CT molecular complexity index is 979. The summed E-state index contributed by atoms with van der Waals surface area (Å²) in [6.07, 6.45) is 3.89. The quantitative estimate of drug-likeness (QED) is 0.588. The number of para-hydroxylation sites is 1. The number of rotatable bonds is 6. The summed E-state index contributed by atoms with van der Waals surface area (Å²) in [6.45, 7) is 3.00.